The lowest BCUT2D eigenvalue weighted by Crippen LogP contribution is -2.43. The van der Waals surface area contributed by atoms with Gasteiger partial charge in [-0.3, -0.25) is 43.7 Å². The molecule has 0 bridgehead atoms. The number of pyridine rings is 9. The number of halogens is 18. The number of carboxylic acid groups (broad SMARTS) is 2. The van der Waals surface area contributed by atoms with Gasteiger partial charge in [-0.15, -0.1) is 12.4 Å². The van der Waals surface area contributed by atoms with Crippen LogP contribution in [0.5, 0.6) is 29.0 Å². The zero-order valence-electron chi connectivity index (χ0n) is 80.4. The first-order chi connectivity index (χ1) is 70.8. The topological polar surface area (TPSA) is 423 Å². The number of amides is 2. The van der Waals surface area contributed by atoms with Crippen LogP contribution < -0.4 is 58.8 Å². The van der Waals surface area contributed by atoms with E-state index in [-0.39, 0.29) is 121 Å². The fourth-order valence-corrected chi connectivity index (χ4v) is 17.1. The average molecular weight is 2130 g/mol. The smallest absolute Gasteiger partial charge is 0.306 e. The molecule has 6 fully saturated rings. The van der Waals surface area contributed by atoms with Crippen LogP contribution in [-0.2, 0) is 48.4 Å². The lowest BCUT2D eigenvalue weighted by atomic mass is 9.93. The average Bonchev–Trinajstić information content (AvgIpc) is 1.78. The van der Waals surface area contributed by atoms with Crippen LogP contribution in [0.1, 0.15) is 124 Å². The molecule has 798 valence electrons. The Hall–Kier alpha value is -14.9. The third kappa shape index (κ3) is 31.1. The van der Waals surface area contributed by atoms with Crippen LogP contribution in [0.15, 0.2) is 73.6 Å². The van der Waals surface area contributed by atoms with Crippen LogP contribution in [-0.4, -0.2) is 232 Å². The molecule has 9 aliphatic rings. The highest BCUT2D eigenvalue weighted by molar-refractivity contribution is 5.85. The third-order valence-electron chi connectivity index (χ3n) is 25.1. The van der Waals surface area contributed by atoms with Crippen molar-refractivity contribution in [2.45, 2.75) is 111 Å². The van der Waals surface area contributed by atoms with E-state index in [4.69, 9.17) is 39.2 Å². The second-order valence-corrected chi connectivity index (χ2v) is 34.6. The Labute approximate surface area is 848 Å². The number of anilines is 5. The number of fused-ring (bicyclic) bond motifs is 3. The summed E-state index contributed by atoms with van der Waals surface area (Å²) in [5, 5.41) is 51.3. The Morgan fingerprint density at radius 1 is 0.336 bits per heavy atom. The second-order valence-electron chi connectivity index (χ2n) is 34.6. The molecule has 0 aromatic carbocycles. The van der Waals surface area contributed by atoms with Crippen molar-refractivity contribution in [3.05, 3.63) is 207 Å². The number of Topliss-reactive ketones (excluding diaryl/α,β-unsaturated/α-hetero) is 2. The molecule has 18 heterocycles. The Bertz CT molecular complexity index is 6210. The summed E-state index contributed by atoms with van der Waals surface area (Å²) in [5.74, 6) is -22.3. The maximum atomic E-state index is 14.2. The number of nitrogens with zero attached hydrogens (tertiary/aromatic N) is 19. The highest BCUT2D eigenvalue weighted by atomic mass is 35.5. The molecule has 0 radical (unpaired) electrons. The number of carbonyl (C=O) groups is 6. The highest BCUT2D eigenvalue weighted by Crippen LogP contribution is 2.37. The molecule has 52 heteroatoms. The third-order valence-corrected chi connectivity index (χ3v) is 25.1. The number of carboxylic acids is 2. The molecule has 0 spiro atoms. The van der Waals surface area contributed by atoms with E-state index in [0.29, 0.717) is 224 Å². The van der Waals surface area contributed by atoms with E-state index in [1.54, 1.807) is 45.1 Å². The van der Waals surface area contributed by atoms with E-state index >= 15 is 0 Å². The van der Waals surface area contributed by atoms with Gasteiger partial charge in [-0.2, -0.15) is 67.6 Å². The number of nitriles is 3. The van der Waals surface area contributed by atoms with Crippen molar-refractivity contribution >= 4 is 76.8 Å². The van der Waals surface area contributed by atoms with E-state index < -0.39 is 123 Å². The Kier molecular flexibility index (Phi) is 43.0. The normalized spacial score (nSPS) is 16.4. The molecule has 0 aliphatic carbocycles. The van der Waals surface area contributed by atoms with Crippen molar-refractivity contribution in [2.24, 2.45) is 35.5 Å². The number of aromatic nitrogens is 9. The van der Waals surface area contributed by atoms with Gasteiger partial charge < -0.3 is 78.8 Å². The van der Waals surface area contributed by atoms with Crippen molar-refractivity contribution in [1.29, 1.82) is 15.8 Å². The summed E-state index contributed by atoms with van der Waals surface area (Å²) in [7, 11) is 2.53. The molecule has 0 atom stereocenters. The van der Waals surface area contributed by atoms with E-state index in [9.17, 15) is 114 Å². The van der Waals surface area contributed by atoms with Gasteiger partial charge >= 0.3 is 11.9 Å². The van der Waals surface area contributed by atoms with Gasteiger partial charge in [0.2, 0.25) is 11.8 Å². The standard InChI is InChI=1S/C21H21F2N5O3.C20H18F3N5O2.C12H13F3N2O.C12H14F2N2O3.C11H11F3N2O2.C9H9N3O.C7H13NO.C5HF4N.ClH/c1-30-20-17(23)8-16(22)19(26-20)27-4-2-13(3-5-27)21(29)28-6-7-31-18-14(9-24)10-25-11-15(18)12-28;21-15-7-16(22)19(26-18(15)23)27-3-1-12(2-4-27)20(29)28-5-6-30-17-13(8-24)9-25-10-14(17)11-28;1-7(18)8-2-4-17(5-3-8)12-10(14)6-9(13)11(15)16-12;1-19-11-9(14)6-8(13)10(15-11)16-4-2-7(3-5-16)12(17)18;12-7-5-8(13)10(15-9(7)14)16-3-1-6(2-4-16)11(17)18;10-3-7-4-12-6-8-5-11-1-2-13-9(7)8;1-6(9)7-2-4-8-5-3-7;6-2-1-3(7)5(9)10-4(2)8;/h8,10-11,13H,2-7,12H2,1H3;7,9-10,12H,1-6,11H2;6,8H,2-5H2,1H3;6-7H,2-5H2,1H3,(H,17,18);5-6H,1-4H2,(H,17,18);4,6,11H,1-2,5H2;7-8H,2-5H2,1H3;1H;1H. The number of hydrogen-bond acceptors (Lipinski definition) is 30. The number of ketones is 2. The summed E-state index contributed by atoms with van der Waals surface area (Å²) in [6, 6.07) is 9.17. The molecule has 34 nitrogen and oxygen atoms in total. The molecular formula is C97H101ClF17N21O13. The zero-order valence-corrected chi connectivity index (χ0v) is 81.3. The highest BCUT2D eigenvalue weighted by Gasteiger charge is 2.38. The largest absolute Gasteiger partial charge is 0.490 e. The van der Waals surface area contributed by atoms with Gasteiger partial charge in [-0.05, 0) is 104 Å². The summed E-state index contributed by atoms with van der Waals surface area (Å²) in [6.07, 6.45) is 15.9. The SMILES string of the molecule is CC(=O)C1CCN(c2nc(F)c(F)cc2F)CC1.CC(=O)C1CCNCC1.COc1nc(N2CCC(C(=O)N3CCOc4c(C#N)cncc4C3)CC2)c(F)cc1F.COc1nc(N2CCC(C(=O)O)CC2)c(F)cc1F.Cl.Fc1cc(F)c(F)nc1F.N#Cc1cncc2c1OCCN(C(=O)C1CCN(c3nc(F)c(F)cc3F)CC1)C2.N#Cc1cncc2c1OCCNC2.O=C(O)C1CCN(c2nc(F)c(F)cc2F)CC1. The second kappa shape index (κ2) is 55.2. The fourth-order valence-electron chi connectivity index (χ4n) is 17.1. The molecule has 6 saturated heterocycles. The lowest BCUT2D eigenvalue weighted by Gasteiger charge is -2.34. The molecule has 9 aliphatic heterocycles. The van der Waals surface area contributed by atoms with Crippen molar-refractivity contribution < 1.29 is 137 Å². The van der Waals surface area contributed by atoms with E-state index in [1.165, 1.54) is 54.4 Å². The molecule has 9 aromatic rings. The molecular weight excluding hydrogens is 2030 g/mol. The van der Waals surface area contributed by atoms with Gasteiger partial charge in [0.25, 0.3) is 41.5 Å². The van der Waals surface area contributed by atoms with Crippen LogP contribution in [0.4, 0.5) is 104 Å². The lowest BCUT2D eigenvalue weighted by molar-refractivity contribution is -0.143. The minimum atomic E-state index is -1.64. The van der Waals surface area contributed by atoms with Crippen LogP contribution in [0.2, 0.25) is 0 Å². The Balaban J connectivity index is 0.000000179. The number of aliphatic carboxylic acids is 2. The number of carbonyl (C=O) groups excluding carboxylic acids is 4. The molecule has 0 unspecified atom stereocenters. The number of piperidine rings is 6. The van der Waals surface area contributed by atoms with Crippen molar-refractivity contribution in [3.63, 3.8) is 0 Å². The number of rotatable bonds is 13. The number of nitrogens with one attached hydrogen (secondary N) is 2. The zero-order chi connectivity index (χ0) is 107. The summed E-state index contributed by atoms with van der Waals surface area (Å²) >= 11 is 0. The van der Waals surface area contributed by atoms with Gasteiger partial charge in [-0.1, -0.05) is 0 Å². The fraction of sp³-hybridized carbons (Fsp3) is 0.443. The van der Waals surface area contributed by atoms with Crippen LogP contribution in [0.3, 0.4) is 0 Å². The molecule has 9 aromatic heterocycles. The van der Waals surface area contributed by atoms with Crippen molar-refractivity contribution in [3.8, 4) is 47.2 Å². The molecule has 4 N–H and O–H groups in total. The predicted octanol–water partition coefficient (Wildman–Crippen LogP) is 13.5. The molecule has 0 saturated carbocycles. The summed E-state index contributed by atoms with van der Waals surface area (Å²) in [6.45, 7) is 12.8. The maximum Gasteiger partial charge on any atom is 0.306 e. The van der Waals surface area contributed by atoms with Gasteiger partial charge in [-0.25, -0.2) is 52.7 Å². The van der Waals surface area contributed by atoms with Crippen molar-refractivity contribution in [1.82, 2.24) is 65.3 Å². The monoisotopic (exact) mass is 2130 g/mol. The van der Waals surface area contributed by atoms with Gasteiger partial charge in [0.15, 0.2) is 98.9 Å². The minimum Gasteiger partial charge on any atom is -0.490 e. The van der Waals surface area contributed by atoms with Gasteiger partial charge in [0.1, 0.15) is 83.5 Å². The molecule has 2 amide bonds. The van der Waals surface area contributed by atoms with Crippen molar-refractivity contribution in [2.75, 3.05) is 157 Å². The van der Waals surface area contributed by atoms with E-state index in [1.807, 2.05) is 6.07 Å². The van der Waals surface area contributed by atoms with E-state index in [0.717, 1.165) is 56.7 Å². The first kappa shape index (κ1) is 116. The first-order valence-electron chi connectivity index (χ1n) is 46.5. The van der Waals surface area contributed by atoms with Crippen LogP contribution in [0.25, 0.3) is 0 Å². The Morgan fingerprint density at radius 2 is 0.604 bits per heavy atom. The van der Waals surface area contributed by atoms with Gasteiger partial charge in [0.05, 0.1) is 52.2 Å². The summed E-state index contributed by atoms with van der Waals surface area (Å²) in [4.78, 5) is 113. The summed E-state index contributed by atoms with van der Waals surface area (Å²) < 4.78 is 248. The number of ether oxygens (including phenoxy) is 5. The van der Waals surface area contributed by atoms with Crippen LogP contribution in [0, 0.1) is 169 Å². The molecule has 149 heavy (non-hydrogen) atoms. The maximum absolute atomic E-state index is 14.2. The van der Waals surface area contributed by atoms with E-state index in [2.05, 4.69) is 67.6 Å². The van der Waals surface area contributed by atoms with Crippen LogP contribution >= 0.6 is 12.4 Å². The van der Waals surface area contributed by atoms with Gasteiger partial charge in [0, 0.05) is 192 Å². The quantitative estimate of drug-likeness (QED) is 0.0615. The number of methoxy groups -OCH3 is 2. The molecule has 18 rings (SSSR count). The predicted molar refractivity (Wildman–Crippen MR) is 498 cm³/mol. The first-order valence-corrected chi connectivity index (χ1v) is 46.5. The summed E-state index contributed by atoms with van der Waals surface area (Å²) in [5.41, 5.74) is 3.52. The Morgan fingerprint density at radius 3 is 0.899 bits per heavy atom. The number of hydrogen-bond donors (Lipinski definition) is 4. The minimum absolute atomic E-state index is 0.